The molecule has 15 heavy (non-hydrogen) atoms. The van der Waals surface area contributed by atoms with Crippen molar-refractivity contribution >= 4 is 11.3 Å². The number of benzene rings is 1. The molecule has 1 aliphatic rings. The van der Waals surface area contributed by atoms with E-state index in [0.717, 1.165) is 6.42 Å². The summed E-state index contributed by atoms with van der Waals surface area (Å²) in [6, 6.07) is 9.14. The standard InChI is InChI=1S/C14H19N/c1-10(2)12-9-8-11(3)15-14-7-5-4-6-13(12)14/h4-7,9-11,15H,8H2,1-3H3. The second-order valence-electron chi connectivity index (χ2n) is 4.64. The summed E-state index contributed by atoms with van der Waals surface area (Å²) in [6.45, 7) is 6.76. The molecule has 80 valence electrons. The molecule has 0 fully saturated rings. The molecule has 1 aromatic carbocycles. The first kappa shape index (κ1) is 10.3. The van der Waals surface area contributed by atoms with Crippen molar-refractivity contribution in [2.24, 2.45) is 5.92 Å². The third-order valence-electron chi connectivity index (χ3n) is 2.95. The Bertz CT molecular complexity index is 377. The first-order chi connectivity index (χ1) is 7.18. The van der Waals surface area contributed by atoms with Crippen LogP contribution in [0.4, 0.5) is 5.69 Å². The van der Waals surface area contributed by atoms with E-state index in [1.54, 1.807) is 0 Å². The van der Waals surface area contributed by atoms with E-state index < -0.39 is 0 Å². The Kier molecular flexibility index (Phi) is 2.81. The molecule has 1 atom stereocenters. The maximum absolute atomic E-state index is 3.56. The van der Waals surface area contributed by atoms with Gasteiger partial charge in [-0.2, -0.15) is 0 Å². The molecule has 0 aliphatic carbocycles. The number of nitrogens with one attached hydrogen (secondary N) is 1. The van der Waals surface area contributed by atoms with Crippen LogP contribution in [0.2, 0.25) is 0 Å². The summed E-state index contributed by atoms with van der Waals surface area (Å²) in [6.07, 6.45) is 3.50. The normalized spacial score (nSPS) is 20.3. The second-order valence-corrected chi connectivity index (χ2v) is 4.64. The topological polar surface area (TPSA) is 12.0 Å². The minimum absolute atomic E-state index is 0.530. The summed E-state index contributed by atoms with van der Waals surface area (Å²) >= 11 is 0. The van der Waals surface area contributed by atoms with Crippen molar-refractivity contribution in [2.75, 3.05) is 5.32 Å². The molecule has 0 bridgehead atoms. The third kappa shape index (κ3) is 2.06. The van der Waals surface area contributed by atoms with Gasteiger partial charge < -0.3 is 5.32 Å². The van der Waals surface area contributed by atoms with Crippen LogP contribution in [0.1, 0.15) is 32.8 Å². The van der Waals surface area contributed by atoms with E-state index in [1.807, 2.05) is 0 Å². The van der Waals surface area contributed by atoms with E-state index in [0.29, 0.717) is 12.0 Å². The quantitative estimate of drug-likeness (QED) is 0.726. The lowest BCUT2D eigenvalue weighted by atomic mass is 9.94. The highest BCUT2D eigenvalue weighted by molar-refractivity contribution is 5.78. The number of hydrogen-bond donors (Lipinski definition) is 1. The molecule has 0 saturated carbocycles. The van der Waals surface area contributed by atoms with E-state index in [1.165, 1.54) is 16.8 Å². The highest BCUT2D eigenvalue weighted by Crippen LogP contribution is 2.32. The molecule has 0 aromatic heterocycles. The van der Waals surface area contributed by atoms with Crippen LogP contribution in [-0.2, 0) is 0 Å². The van der Waals surface area contributed by atoms with Crippen LogP contribution in [-0.4, -0.2) is 6.04 Å². The molecular weight excluding hydrogens is 182 g/mol. The zero-order valence-electron chi connectivity index (χ0n) is 9.75. The number of allylic oxidation sites excluding steroid dienone is 1. The Labute approximate surface area is 92.2 Å². The summed E-state index contributed by atoms with van der Waals surface area (Å²) < 4.78 is 0. The average molecular weight is 201 g/mol. The predicted octanol–water partition coefficient (Wildman–Crippen LogP) is 3.93. The fourth-order valence-corrected chi connectivity index (χ4v) is 2.15. The molecule has 1 unspecified atom stereocenters. The maximum Gasteiger partial charge on any atom is 0.0418 e. The fraction of sp³-hybridized carbons (Fsp3) is 0.429. The smallest absolute Gasteiger partial charge is 0.0418 e. The van der Waals surface area contributed by atoms with Gasteiger partial charge in [0.2, 0.25) is 0 Å². The summed E-state index contributed by atoms with van der Waals surface area (Å²) in [7, 11) is 0. The summed E-state index contributed by atoms with van der Waals surface area (Å²) in [4.78, 5) is 0. The van der Waals surface area contributed by atoms with E-state index in [4.69, 9.17) is 0 Å². The molecule has 0 spiro atoms. The van der Waals surface area contributed by atoms with Crippen LogP contribution < -0.4 is 5.32 Å². The molecular formula is C14H19N. The number of rotatable bonds is 1. The van der Waals surface area contributed by atoms with E-state index in [2.05, 4.69) is 56.4 Å². The van der Waals surface area contributed by atoms with E-state index in [9.17, 15) is 0 Å². The van der Waals surface area contributed by atoms with Crippen molar-refractivity contribution in [1.82, 2.24) is 0 Å². The van der Waals surface area contributed by atoms with Crippen LogP contribution in [0.5, 0.6) is 0 Å². The van der Waals surface area contributed by atoms with Gasteiger partial charge in [-0.05, 0) is 30.9 Å². The van der Waals surface area contributed by atoms with Crippen molar-refractivity contribution < 1.29 is 0 Å². The van der Waals surface area contributed by atoms with Crippen molar-refractivity contribution in [3.8, 4) is 0 Å². The molecule has 1 heteroatoms. The van der Waals surface area contributed by atoms with Gasteiger partial charge in [0.05, 0.1) is 0 Å². The van der Waals surface area contributed by atoms with Crippen molar-refractivity contribution in [2.45, 2.75) is 33.2 Å². The SMILES string of the molecule is CC1CC=C(C(C)C)c2ccccc2N1. The zero-order valence-corrected chi connectivity index (χ0v) is 9.75. The third-order valence-corrected chi connectivity index (χ3v) is 2.95. The average Bonchev–Trinajstić information content (AvgIpc) is 2.35. The minimum Gasteiger partial charge on any atom is -0.382 e. The predicted molar refractivity (Wildman–Crippen MR) is 67.0 cm³/mol. The fourth-order valence-electron chi connectivity index (χ4n) is 2.15. The molecule has 1 nitrogen and oxygen atoms in total. The van der Waals surface area contributed by atoms with E-state index >= 15 is 0 Å². The van der Waals surface area contributed by atoms with Crippen molar-refractivity contribution in [3.63, 3.8) is 0 Å². The molecule has 2 rings (SSSR count). The van der Waals surface area contributed by atoms with Crippen LogP contribution in [0.15, 0.2) is 30.3 Å². The van der Waals surface area contributed by atoms with Crippen LogP contribution in [0.25, 0.3) is 5.57 Å². The van der Waals surface area contributed by atoms with Crippen LogP contribution >= 0.6 is 0 Å². The van der Waals surface area contributed by atoms with Gasteiger partial charge in [0, 0.05) is 17.3 Å². The molecule has 0 amide bonds. The first-order valence-electron chi connectivity index (χ1n) is 5.74. The Balaban J connectivity index is 2.49. The van der Waals surface area contributed by atoms with Crippen LogP contribution in [0.3, 0.4) is 0 Å². The molecule has 1 heterocycles. The highest BCUT2D eigenvalue weighted by atomic mass is 14.9. The molecule has 1 aromatic rings. The number of anilines is 1. The van der Waals surface area contributed by atoms with Crippen LogP contribution in [0, 0.1) is 5.92 Å². The Morgan fingerprint density at radius 1 is 1.27 bits per heavy atom. The summed E-state index contributed by atoms with van der Waals surface area (Å²) in [5.74, 6) is 0.596. The number of hydrogen-bond acceptors (Lipinski definition) is 1. The largest absolute Gasteiger partial charge is 0.382 e. The van der Waals surface area contributed by atoms with Crippen molar-refractivity contribution in [3.05, 3.63) is 35.9 Å². The Morgan fingerprint density at radius 2 is 2.00 bits per heavy atom. The Hall–Kier alpha value is -1.24. The second kappa shape index (κ2) is 4.09. The number of fused-ring (bicyclic) bond motifs is 1. The van der Waals surface area contributed by atoms with E-state index in [-0.39, 0.29) is 0 Å². The monoisotopic (exact) mass is 201 g/mol. The molecule has 0 saturated heterocycles. The van der Waals surface area contributed by atoms with Gasteiger partial charge in [-0.25, -0.2) is 0 Å². The number of para-hydroxylation sites is 1. The van der Waals surface area contributed by atoms with Crippen molar-refractivity contribution in [1.29, 1.82) is 0 Å². The molecule has 1 N–H and O–H groups in total. The van der Waals surface area contributed by atoms with Gasteiger partial charge in [-0.15, -0.1) is 0 Å². The van der Waals surface area contributed by atoms with Gasteiger partial charge >= 0.3 is 0 Å². The molecule has 1 aliphatic heterocycles. The summed E-state index contributed by atoms with van der Waals surface area (Å²) in [5, 5.41) is 3.56. The highest BCUT2D eigenvalue weighted by Gasteiger charge is 2.15. The van der Waals surface area contributed by atoms with Gasteiger partial charge in [0.15, 0.2) is 0 Å². The maximum atomic E-state index is 3.56. The Morgan fingerprint density at radius 3 is 2.73 bits per heavy atom. The minimum atomic E-state index is 0.530. The zero-order chi connectivity index (χ0) is 10.8. The lowest BCUT2D eigenvalue weighted by Gasteiger charge is -2.15. The van der Waals surface area contributed by atoms with Gasteiger partial charge in [-0.1, -0.05) is 38.1 Å². The lowest BCUT2D eigenvalue weighted by molar-refractivity contribution is 0.809. The summed E-state index contributed by atoms with van der Waals surface area (Å²) in [5.41, 5.74) is 4.13. The first-order valence-corrected chi connectivity index (χ1v) is 5.74. The lowest BCUT2D eigenvalue weighted by Crippen LogP contribution is -2.12. The van der Waals surface area contributed by atoms with Gasteiger partial charge in [0.1, 0.15) is 0 Å². The van der Waals surface area contributed by atoms with Gasteiger partial charge in [-0.3, -0.25) is 0 Å². The molecule has 0 radical (unpaired) electrons. The van der Waals surface area contributed by atoms with Gasteiger partial charge in [0.25, 0.3) is 0 Å².